The number of carbonyl (C=O) groups is 1. The van der Waals surface area contributed by atoms with Crippen LogP contribution in [-0.2, 0) is 18.4 Å². The predicted molar refractivity (Wildman–Crippen MR) is 140 cm³/mol. The van der Waals surface area contributed by atoms with E-state index in [4.69, 9.17) is 13.6 Å². The second-order valence-corrected chi connectivity index (χ2v) is 19.5. The first-order valence-corrected chi connectivity index (χ1v) is 17.1. The molecule has 0 N–H and O–H groups in total. The number of hydrogen-bond acceptors (Lipinski definition) is 4. The van der Waals surface area contributed by atoms with Gasteiger partial charge in [-0.2, -0.15) is 0 Å². The fourth-order valence-electron chi connectivity index (χ4n) is 4.46. The third-order valence-corrected chi connectivity index (χ3v) is 11.9. The van der Waals surface area contributed by atoms with Crippen molar-refractivity contribution < 1.29 is 18.4 Å². The van der Waals surface area contributed by atoms with Gasteiger partial charge in [0.05, 0.1) is 6.61 Å². The minimum absolute atomic E-state index is 0.124. The Balaban J connectivity index is 1.91. The number of benzene rings is 2. The topological polar surface area (TPSA) is 44.8 Å². The second-order valence-electron chi connectivity index (χ2n) is 10.7. The maximum absolute atomic E-state index is 12.9. The summed E-state index contributed by atoms with van der Waals surface area (Å²) in [6, 6.07) is 21.1. The van der Waals surface area contributed by atoms with Gasteiger partial charge >= 0.3 is 5.97 Å². The van der Waals surface area contributed by atoms with Crippen LogP contribution in [0, 0.1) is 0 Å². The van der Waals surface area contributed by atoms with Gasteiger partial charge in [0, 0.05) is 12.8 Å². The van der Waals surface area contributed by atoms with Crippen molar-refractivity contribution in [3.8, 4) is 0 Å². The highest BCUT2D eigenvalue weighted by atomic mass is 28.4. The van der Waals surface area contributed by atoms with Crippen molar-refractivity contribution in [2.24, 2.45) is 0 Å². The molecular formula is C27H38O4Si2. The van der Waals surface area contributed by atoms with Gasteiger partial charge in [0.1, 0.15) is 12.2 Å². The van der Waals surface area contributed by atoms with Crippen molar-refractivity contribution >= 4 is 33.0 Å². The lowest BCUT2D eigenvalue weighted by molar-refractivity contribution is -0.159. The monoisotopic (exact) mass is 482 g/mol. The quantitative estimate of drug-likeness (QED) is 0.315. The Kier molecular flexibility index (Phi) is 8.16. The van der Waals surface area contributed by atoms with E-state index < -0.39 is 22.7 Å². The van der Waals surface area contributed by atoms with Gasteiger partial charge in [-0.3, -0.25) is 0 Å². The van der Waals surface area contributed by atoms with Gasteiger partial charge in [-0.15, -0.1) is 0 Å². The zero-order chi connectivity index (χ0) is 24.1. The van der Waals surface area contributed by atoms with Crippen molar-refractivity contribution in [2.75, 3.05) is 6.61 Å². The number of ether oxygens (including phenoxy) is 1. The first-order chi connectivity index (χ1) is 15.5. The smallest absolute Gasteiger partial charge is 0.334 e. The molecule has 0 fully saturated rings. The molecule has 4 nitrogen and oxygen atoms in total. The predicted octanol–water partition coefficient (Wildman–Crippen LogP) is 5.04. The molecule has 0 radical (unpaired) electrons. The molecule has 0 aliphatic carbocycles. The van der Waals surface area contributed by atoms with Crippen LogP contribution in [0.5, 0.6) is 0 Å². The molecule has 33 heavy (non-hydrogen) atoms. The summed E-state index contributed by atoms with van der Waals surface area (Å²) < 4.78 is 19.0. The Morgan fingerprint density at radius 1 is 0.879 bits per heavy atom. The van der Waals surface area contributed by atoms with Crippen molar-refractivity contribution in [3.63, 3.8) is 0 Å². The first-order valence-electron chi connectivity index (χ1n) is 11.8. The normalized spacial score (nSPS) is 21.1. The molecule has 0 bridgehead atoms. The number of cyclic esters (lactones) is 1. The summed E-state index contributed by atoms with van der Waals surface area (Å²) >= 11 is 0. The number of esters is 1. The van der Waals surface area contributed by atoms with Crippen LogP contribution in [0.1, 0.15) is 33.6 Å². The minimum Gasteiger partial charge on any atom is -0.458 e. The van der Waals surface area contributed by atoms with E-state index in [-0.39, 0.29) is 17.1 Å². The summed E-state index contributed by atoms with van der Waals surface area (Å²) in [6.07, 6.45) is 4.45. The van der Waals surface area contributed by atoms with Crippen molar-refractivity contribution in [3.05, 3.63) is 72.8 Å². The fraction of sp³-hybridized carbons (Fsp3) is 0.444. The van der Waals surface area contributed by atoms with Crippen LogP contribution in [0.3, 0.4) is 0 Å². The average molecular weight is 483 g/mol. The van der Waals surface area contributed by atoms with Crippen molar-refractivity contribution in [1.29, 1.82) is 0 Å². The molecule has 0 saturated heterocycles. The average Bonchev–Trinajstić information content (AvgIpc) is 2.74. The Labute approximate surface area is 201 Å². The molecule has 6 heteroatoms. The Morgan fingerprint density at radius 2 is 1.39 bits per heavy atom. The van der Waals surface area contributed by atoms with E-state index in [1.54, 1.807) is 0 Å². The summed E-state index contributed by atoms with van der Waals surface area (Å²) in [5, 5.41) is 2.31. The molecule has 1 aliphatic heterocycles. The molecule has 1 heterocycles. The Bertz CT molecular complexity index is 891. The van der Waals surface area contributed by atoms with E-state index in [1.807, 2.05) is 18.2 Å². The molecule has 3 rings (SSSR count). The Hall–Kier alpha value is -2.00. The summed E-state index contributed by atoms with van der Waals surface area (Å²) in [5.74, 6) is -0.280. The highest BCUT2D eigenvalue weighted by molar-refractivity contribution is 6.99. The summed E-state index contributed by atoms with van der Waals surface area (Å²) in [5.41, 5.74) is 0. The lowest BCUT2D eigenvalue weighted by atomic mass is 10.1. The van der Waals surface area contributed by atoms with Crippen molar-refractivity contribution in [1.82, 2.24) is 0 Å². The zero-order valence-corrected chi connectivity index (χ0v) is 22.8. The SMILES string of the molecule is CC(C)(C)[Si](OC[C@H]1C/C=C\C[C@@H](O[Si](C)(C)C)C(=O)O1)(c1ccccc1)c1ccccc1. The van der Waals surface area contributed by atoms with Gasteiger partial charge in [0.25, 0.3) is 8.32 Å². The molecule has 0 spiro atoms. The highest BCUT2D eigenvalue weighted by Crippen LogP contribution is 2.37. The van der Waals surface area contributed by atoms with Gasteiger partial charge in [-0.05, 0) is 35.1 Å². The standard InChI is InChI=1S/C27H38O4Si2/c1-27(2,3)33(23-16-9-7-10-17-23,24-18-11-8-12-19-24)29-21-22-15-13-14-20-25(26(28)30-22)31-32(4,5)6/h7-14,16-19,22,25H,15,20-21H2,1-6H3/b14-13-/t22-,25-/m1/s1. The molecule has 2 atom stereocenters. The molecule has 0 aromatic heterocycles. The highest BCUT2D eigenvalue weighted by Gasteiger charge is 2.50. The van der Waals surface area contributed by atoms with Gasteiger partial charge in [-0.25, -0.2) is 4.79 Å². The lowest BCUT2D eigenvalue weighted by Gasteiger charge is -2.43. The van der Waals surface area contributed by atoms with Crippen LogP contribution < -0.4 is 10.4 Å². The fourth-order valence-corrected chi connectivity index (χ4v) is 10.1. The lowest BCUT2D eigenvalue weighted by Crippen LogP contribution is -2.67. The van der Waals surface area contributed by atoms with Gasteiger partial charge in [-0.1, -0.05) is 93.6 Å². The summed E-state index contributed by atoms with van der Waals surface area (Å²) in [7, 11) is -4.55. The summed E-state index contributed by atoms with van der Waals surface area (Å²) in [6.45, 7) is 13.4. The molecule has 0 amide bonds. The first kappa shape index (κ1) is 25.6. The van der Waals surface area contributed by atoms with Gasteiger partial charge < -0.3 is 13.6 Å². The van der Waals surface area contributed by atoms with E-state index in [1.165, 1.54) is 10.4 Å². The maximum Gasteiger partial charge on any atom is 0.334 e. The van der Waals surface area contributed by atoms with Crippen LogP contribution in [0.15, 0.2) is 72.8 Å². The van der Waals surface area contributed by atoms with E-state index in [2.05, 4.69) is 95.0 Å². The van der Waals surface area contributed by atoms with Crippen LogP contribution in [0.2, 0.25) is 24.7 Å². The van der Waals surface area contributed by atoms with Gasteiger partial charge in [0.15, 0.2) is 8.32 Å². The molecular weight excluding hydrogens is 444 g/mol. The molecule has 1 aliphatic rings. The van der Waals surface area contributed by atoms with Crippen molar-refractivity contribution in [2.45, 2.75) is 70.5 Å². The van der Waals surface area contributed by atoms with Crippen LogP contribution in [0.25, 0.3) is 0 Å². The molecule has 178 valence electrons. The van der Waals surface area contributed by atoms with Crippen LogP contribution in [-0.4, -0.2) is 41.4 Å². The third kappa shape index (κ3) is 6.32. The van der Waals surface area contributed by atoms with E-state index in [9.17, 15) is 4.79 Å². The molecule has 2 aromatic rings. The van der Waals surface area contributed by atoms with Crippen LogP contribution >= 0.6 is 0 Å². The van der Waals surface area contributed by atoms with E-state index in [0.717, 1.165) is 0 Å². The molecule has 0 unspecified atom stereocenters. The number of carbonyl (C=O) groups excluding carboxylic acids is 1. The third-order valence-electron chi connectivity index (χ3n) is 5.86. The zero-order valence-electron chi connectivity index (χ0n) is 20.8. The second kappa shape index (κ2) is 10.5. The van der Waals surface area contributed by atoms with E-state index in [0.29, 0.717) is 19.4 Å². The largest absolute Gasteiger partial charge is 0.458 e. The summed E-state index contributed by atoms with van der Waals surface area (Å²) in [4.78, 5) is 12.9. The molecule has 0 saturated carbocycles. The van der Waals surface area contributed by atoms with Crippen LogP contribution in [0.4, 0.5) is 0 Å². The number of hydrogen-bond donors (Lipinski definition) is 0. The minimum atomic E-state index is -2.68. The Morgan fingerprint density at radius 3 is 1.88 bits per heavy atom. The van der Waals surface area contributed by atoms with Gasteiger partial charge in [0.2, 0.25) is 0 Å². The maximum atomic E-state index is 12.9. The molecule has 2 aromatic carbocycles. The number of rotatable bonds is 7. The van der Waals surface area contributed by atoms with E-state index >= 15 is 0 Å².